The Labute approximate surface area is 131 Å². The Hall–Kier alpha value is -2.09. The quantitative estimate of drug-likeness (QED) is 0.777. The molecule has 3 rings (SSSR count). The Morgan fingerprint density at radius 3 is 2.95 bits per heavy atom. The molecule has 0 spiro atoms. The first-order chi connectivity index (χ1) is 10.5. The van der Waals surface area contributed by atoms with Crippen LogP contribution in [0.1, 0.15) is 17.0 Å². The Morgan fingerprint density at radius 2 is 2.23 bits per heavy atom. The van der Waals surface area contributed by atoms with E-state index in [1.54, 1.807) is 29.5 Å². The van der Waals surface area contributed by atoms with Gasteiger partial charge in [-0.1, -0.05) is 11.8 Å². The fourth-order valence-electron chi connectivity index (χ4n) is 2.40. The molecule has 0 bridgehead atoms. The smallest absolute Gasteiger partial charge is 0.277 e. The number of carbonyl (C=O) groups excluding carboxylic acids is 1. The summed E-state index contributed by atoms with van der Waals surface area (Å²) in [7, 11) is 1.72. The maximum Gasteiger partial charge on any atom is 0.277 e. The zero-order chi connectivity index (χ0) is 15.7. The van der Waals surface area contributed by atoms with Crippen molar-refractivity contribution in [1.29, 1.82) is 0 Å². The highest BCUT2D eigenvalue weighted by molar-refractivity contribution is 7.99. The molecule has 1 amide bonds. The molecule has 0 aliphatic carbocycles. The van der Waals surface area contributed by atoms with Crippen molar-refractivity contribution in [2.75, 3.05) is 12.3 Å². The molecule has 22 heavy (non-hydrogen) atoms. The van der Waals surface area contributed by atoms with E-state index in [2.05, 4.69) is 10.2 Å². The Morgan fingerprint density at radius 1 is 1.41 bits per heavy atom. The second-order valence-electron chi connectivity index (χ2n) is 5.21. The summed E-state index contributed by atoms with van der Waals surface area (Å²) < 4.78 is 6.78. The predicted octanol–water partition coefficient (Wildman–Crippen LogP) is 0.754. The van der Waals surface area contributed by atoms with E-state index >= 15 is 0 Å². The third-order valence-corrected chi connectivity index (χ3v) is 4.40. The molecule has 3 heterocycles. The summed E-state index contributed by atoms with van der Waals surface area (Å²) in [6, 6.07) is 1.66. The second kappa shape index (κ2) is 5.96. The normalized spacial score (nSPS) is 14.0. The van der Waals surface area contributed by atoms with Crippen molar-refractivity contribution in [3.63, 3.8) is 0 Å². The number of nitrogens with zero attached hydrogens (tertiary/aromatic N) is 4. The van der Waals surface area contributed by atoms with Gasteiger partial charge in [0.2, 0.25) is 11.8 Å². The molecule has 2 aromatic heterocycles. The number of carbonyl (C=O) groups is 1. The number of rotatable bonds is 3. The summed E-state index contributed by atoms with van der Waals surface area (Å²) in [5.74, 6) is 0.783. The van der Waals surface area contributed by atoms with Gasteiger partial charge in [-0.25, -0.2) is 0 Å². The molecule has 116 valence electrons. The van der Waals surface area contributed by atoms with Crippen LogP contribution in [0.25, 0.3) is 0 Å². The number of fused-ring (bicyclic) bond motifs is 1. The van der Waals surface area contributed by atoms with Crippen LogP contribution in [0.5, 0.6) is 0 Å². The second-order valence-corrected chi connectivity index (χ2v) is 6.14. The molecule has 1 aliphatic heterocycles. The van der Waals surface area contributed by atoms with Gasteiger partial charge in [-0.3, -0.25) is 9.59 Å². The van der Waals surface area contributed by atoms with Gasteiger partial charge < -0.3 is 13.9 Å². The van der Waals surface area contributed by atoms with Crippen molar-refractivity contribution < 1.29 is 9.21 Å². The average molecular weight is 320 g/mol. The molecule has 7 nitrogen and oxygen atoms in total. The monoisotopic (exact) mass is 320 g/mol. The van der Waals surface area contributed by atoms with Gasteiger partial charge in [-0.2, -0.15) is 0 Å². The summed E-state index contributed by atoms with van der Waals surface area (Å²) in [6.45, 7) is 2.87. The molecule has 0 aromatic carbocycles. The number of aromatic nitrogens is 3. The van der Waals surface area contributed by atoms with Gasteiger partial charge >= 0.3 is 0 Å². The van der Waals surface area contributed by atoms with Crippen molar-refractivity contribution in [3.05, 3.63) is 39.6 Å². The first-order valence-electron chi connectivity index (χ1n) is 6.92. The van der Waals surface area contributed by atoms with Gasteiger partial charge in [0, 0.05) is 39.3 Å². The summed E-state index contributed by atoms with van der Waals surface area (Å²) in [5, 5.41) is 8.00. The van der Waals surface area contributed by atoms with E-state index in [1.807, 2.05) is 6.20 Å². The lowest BCUT2D eigenvalue weighted by Crippen LogP contribution is -2.38. The standard InChI is InChI=1S/C14H16N4O3S/c1-9-15-16-14(21-9)22-8-13(20)18-4-3-10-5-12(19)17(2)6-11(10)7-18/h5-6H,3-4,7-8H2,1-2H3. The van der Waals surface area contributed by atoms with Gasteiger partial charge in [-0.15, -0.1) is 10.2 Å². The SMILES string of the molecule is Cc1nnc(SCC(=O)N2CCc3cc(=O)n(C)cc3C2)o1. The van der Waals surface area contributed by atoms with Crippen LogP contribution in [-0.2, 0) is 24.8 Å². The molecule has 1 aliphatic rings. The Bertz CT molecular complexity index is 768. The summed E-state index contributed by atoms with van der Waals surface area (Å²) in [6.07, 6.45) is 2.52. The highest BCUT2D eigenvalue weighted by Gasteiger charge is 2.22. The van der Waals surface area contributed by atoms with Gasteiger partial charge in [0.15, 0.2) is 0 Å². The average Bonchev–Trinajstić information content (AvgIpc) is 2.91. The van der Waals surface area contributed by atoms with Crippen LogP contribution in [-0.4, -0.2) is 37.9 Å². The fraction of sp³-hybridized carbons (Fsp3) is 0.429. The third-order valence-electron chi connectivity index (χ3n) is 3.60. The Kier molecular flexibility index (Phi) is 4.02. The van der Waals surface area contributed by atoms with E-state index in [-0.39, 0.29) is 17.2 Å². The van der Waals surface area contributed by atoms with Crippen LogP contribution in [0.3, 0.4) is 0 Å². The number of hydrogen-bond donors (Lipinski definition) is 0. The largest absolute Gasteiger partial charge is 0.416 e. The van der Waals surface area contributed by atoms with Gasteiger partial charge in [0.1, 0.15) is 0 Å². The van der Waals surface area contributed by atoms with E-state index in [0.29, 0.717) is 30.6 Å². The number of pyridine rings is 1. The van der Waals surface area contributed by atoms with E-state index in [1.165, 1.54) is 11.8 Å². The maximum atomic E-state index is 12.3. The number of thioether (sulfide) groups is 1. The van der Waals surface area contributed by atoms with Crippen LogP contribution in [0.15, 0.2) is 26.7 Å². The number of amides is 1. The predicted molar refractivity (Wildman–Crippen MR) is 80.6 cm³/mol. The van der Waals surface area contributed by atoms with Crippen LogP contribution in [0, 0.1) is 6.92 Å². The zero-order valence-electron chi connectivity index (χ0n) is 12.4. The molecule has 0 atom stereocenters. The lowest BCUT2D eigenvalue weighted by Gasteiger charge is -2.28. The third kappa shape index (κ3) is 3.06. The van der Waals surface area contributed by atoms with Crippen molar-refractivity contribution >= 4 is 17.7 Å². The highest BCUT2D eigenvalue weighted by atomic mass is 32.2. The van der Waals surface area contributed by atoms with Gasteiger partial charge in [0.05, 0.1) is 5.75 Å². The Balaban J connectivity index is 1.65. The van der Waals surface area contributed by atoms with Crippen molar-refractivity contribution in [3.8, 4) is 0 Å². The number of aryl methyl sites for hydroxylation is 2. The lowest BCUT2D eigenvalue weighted by molar-refractivity contribution is -0.129. The maximum absolute atomic E-state index is 12.3. The fourth-order valence-corrected chi connectivity index (χ4v) is 3.11. The lowest BCUT2D eigenvalue weighted by atomic mass is 10.0. The van der Waals surface area contributed by atoms with E-state index < -0.39 is 0 Å². The first kappa shape index (κ1) is 14.8. The first-order valence-corrected chi connectivity index (χ1v) is 7.90. The van der Waals surface area contributed by atoms with E-state index in [9.17, 15) is 9.59 Å². The van der Waals surface area contributed by atoms with Crippen LogP contribution in [0.4, 0.5) is 0 Å². The van der Waals surface area contributed by atoms with Gasteiger partial charge in [-0.05, 0) is 17.5 Å². The molecule has 2 aromatic rings. The zero-order valence-corrected chi connectivity index (χ0v) is 13.2. The van der Waals surface area contributed by atoms with E-state index in [4.69, 9.17) is 4.42 Å². The molecule has 0 saturated heterocycles. The summed E-state index contributed by atoms with van der Waals surface area (Å²) >= 11 is 1.24. The molecule has 0 N–H and O–H groups in total. The minimum absolute atomic E-state index is 0.0131. The van der Waals surface area contributed by atoms with Crippen LogP contribution >= 0.6 is 11.8 Å². The molecule has 0 radical (unpaired) electrons. The molecular weight excluding hydrogens is 304 g/mol. The topological polar surface area (TPSA) is 81.2 Å². The molecule has 8 heteroatoms. The molecule has 0 saturated carbocycles. The number of hydrogen-bond acceptors (Lipinski definition) is 6. The van der Waals surface area contributed by atoms with Crippen LogP contribution in [0.2, 0.25) is 0 Å². The minimum atomic E-state index is -0.0131. The highest BCUT2D eigenvalue weighted by Crippen LogP contribution is 2.20. The molecular formula is C14H16N4O3S. The van der Waals surface area contributed by atoms with Gasteiger partial charge in [0.25, 0.3) is 10.8 Å². The van der Waals surface area contributed by atoms with Crippen molar-refractivity contribution in [2.45, 2.75) is 25.1 Å². The minimum Gasteiger partial charge on any atom is -0.416 e. The summed E-state index contributed by atoms with van der Waals surface area (Å²) in [5.41, 5.74) is 2.05. The summed E-state index contributed by atoms with van der Waals surface area (Å²) in [4.78, 5) is 25.7. The van der Waals surface area contributed by atoms with Crippen LogP contribution < -0.4 is 5.56 Å². The van der Waals surface area contributed by atoms with Crippen molar-refractivity contribution in [1.82, 2.24) is 19.7 Å². The van der Waals surface area contributed by atoms with E-state index in [0.717, 1.165) is 11.1 Å². The molecule has 0 unspecified atom stereocenters. The van der Waals surface area contributed by atoms with Crippen molar-refractivity contribution in [2.24, 2.45) is 7.05 Å². The molecule has 0 fully saturated rings.